The molecule has 0 unspecified atom stereocenters. The zero-order valence-corrected chi connectivity index (χ0v) is 10.8. The Bertz CT molecular complexity index is 322. The molecule has 1 fully saturated rings. The number of rotatable bonds is 2. The molecule has 0 saturated heterocycles. The summed E-state index contributed by atoms with van der Waals surface area (Å²) in [5, 5.41) is 4.88. The topological polar surface area (TPSA) is 12.0 Å². The minimum atomic E-state index is 0. The third-order valence-electron chi connectivity index (χ3n) is 3.13. The highest BCUT2D eigenvalue weighted by atomic mass is 35.5. The lowest BCUT2D eigenvalue weighted by Gasteiger charge is -2.43. The van der Waals surface area contributed by atoms with Crippen molar-refractivity contribution in [2.75, 3.05) is 7.05 Å². The SMILES string of the molecule is CNC1(c2c(Cl)cccc2Cl)CCC1.Cl. The second kappa shape index (κ2) is 4.92. The van der Waals surface area contributed by atoms with Crippen molar-refractivity contribution in [3.8, 4) is 0 Å². The van der Waals surface area contributed by atoms with Gasteiger partial charge in [-0.05, 0) is 38.4 Å². The summed E-state index contributed by atoms with van der Waals surface area (Å²) < 4.78 is 0. The molecular formula is C11H14Cl3N. The lowest BCUT2D eigenvalue weighted by molar-refractivity contribution is 0.201. The first-order valence-electron chi connectivity index (χ1n) is 4.83. The van der Waals surface area contributed by atoms with Crippen LogP contribution in [0.15, 0.2) is 18.2 Å². The highest BCUT2D eigenvalue weighted by Crippen LogP contribution is 2.46. The summed E-state index contributed by atoms with van der Waals surface area (Å²) in [6, 6.07) is 5.69. The minimum absolute atomic E-state index is 0. The molecule has 4 heteroatoms. The van der Waals surface area contributed by atoms with Crippen LogP contribution in [0.3, 0.4) is 0 Å². The van der Waals surface area contributed by atoms with Gasteiger partial charge >= 0.3 is 0 Å². The zero-order chi connectivity index (χ0) is 10.2. The van der Waals surface area contributed by atoms with Crippen molar-refractivity contribution in [3.63, 3.8) is 0 Å². The van der Waals surface area contributed by atoms with E-state index < -0.39 is 0 Å². The Morgan fingerprint density at radius 3 is 2.07 bits per heavy atom. The summed E-state index contributed by atoms with van der Waals surface area (Å²) in [5.74, 6) is 0. The molecule has 0 radical (unpaired) electrons. The van der Waals surface area contributed by atoms with Crippen molar-refractivity contribution in [1.82, 2.24) is 5.32 Å². The van der Waals surface area contributed by atoms with Gasteiger partial charge in [-0.1, -0.05) is 29.3 Å². The molecule has 1 N–H and O–H groups in total. The highest BCUT2D eigenvalue weighted by Gasteiger charge is 2.39. The van der Waals surface area contributed by atoms with Gasteiger partial charge in [0, 0.05) is 21.1 Å². The first-order valence-corrected chi connectivity index (χ1v) is 5.59. The number of benzene rings is 1. The quantitative estimate of drug-likeness (QED) is 0.853. The lowest BCUT2D eigenvalue weighted by atomic mass is 9.72. The summed E-state index contributed by atoms with van der Waals surface area (Å²) in [5.41, 5.74) is 1.09. The number of hydrogen-bond acceptors (Lipinski definition) is 1. The number of halogens is 3. The van der Waals surface area contributed by atoms with E-state index >= 15 is 0 Å². The van der Waals surface area contributed by atoms with Crippen LogP contribution in [-0.2, 0) is 5.54 Å². The molecule has 1 aromatic rings. The molecule has 0 spiro atoms. The summed E-state index contributed by atoms with van der Waals surface area (Å²) in [7, 11) is 1.97. The summed E-state index contributed by atoms with van der Waals surface area (Å²) in [4.78, 5) is 0. The molecule has 0 bridgehead atoms. The van der Waals surface area contributed by atoms with Crippen LogP contribution < -0.4 is 5.32 Å². The molecule has 2 rings (SSSR count). The largest absolute Gasteiger partial charge is 0.310 e. The van der Waals surface area contributed by atoms with Crippen LogP contribution in [0.25, 0.3) is 0 Å². The molecule has 1 aliphatic carbocycles. The molecule has 15 heavy (non-hydrogen) atoms. The van der Waals surface area contributed by atoms with Crippen molar-refractivity contribution in [3.05, 3.63) is 33.8 Å². The molecule has 1 aromatic carbocycles. The van der Waals surface area contributed by atoms with Gasteiger partial charge < -0.3 is 5.32 Å². The van der Waals surface area contributed by atoms with Gasteiger partial charge in [-0.15, -0.1) is 12.4 Å². The molecule has 84 valence electrons. The number of nitrogens with one attached hydrogen (secondary N) is 1. The molecule has 0 heterocycles. The van der Waals surface area contributed by atoms with E-state index in [2.05, 4.69) is 5.32 Å². The van der Waals surface area contributed by atoms with Gasteiger partial charge in [-0.3, -0.25) is 0 Å². The maximum Gasteiger partial charge on any atom is 0.0471 e. The van der Waals surface area contributed by atoms with Gasteiger partial charge in [0.1, 0.15) is 0 Å². The Labute approximate surface area is 107 Å². The lowest BCUT2D eigenvalue weighted by Crippen LogP contribution is -2.46. The van der Waals surface area contributed by atoms with Crippen LogP contribution in [0.1, 0.15) is 24.8 Å². The fourth-order valence-corrected chi connectivity index (χ4v) is 2.87. The molecule has 1 aliphatic rings. The van der Waals surface area contributed by atoms with Gasteiger partial charge in [0.15, 0.2) is 0 Å². The third-order valence-corrected chi connectivity index (χ3v) is 3.76. The van der Waals surface area contributed by atoms with Crippen LogP contribution in [0, 0.1) is 0 Å². The van der Waals surface area contributed by atoms with Gasteiger partial charge in [-0.25, -0.2) is 0 Å². The smallest absolute Gasteiger partial charge is 0.0471 e. The van der Waals surface area contributed by atoms with E-state index in [9.17, 15) is 0 Å². The molecule has 0 atom stereocenters. The van der Waals surface area contributed by atoms with Gasteiger partial charge in [0.2, 0.25) is 0 Å². The maximum absolute atomic E-state index is 6.18. The molecule has 0 aliphatic heterocycles. The van der Waals surface area contributed by atoms with Crippen molar-refractivity contribution in [1.29, 1.82) is 0 Å². The van der Waals surface area contributed by atoms with Crippen molar-refractivity contribution in [2.24, 2.45) is 0 Å². The fourth-order valence-electron chi connectivity index (χ4n) is 2.11. The van der Waals surface area contributed by atoms with E-state index in [1.807, 2.05) is 25.2 Å². The predicted octanol–water partition coefficient (Wildman–Crippen LogP) is 4.01. The predicted molar refractivity (Wildman–Crippen MR) is 68.3 cm³/mol. The minimum Gasteiger partial charge on any atom is -0.310 e. The van der Waals surface area contributed by atoms with Crippen molar-refractivity contribution >= 4 is 35.6 Å². The zero-order valence-electron chi connectivity index (χ0n) is 8.52. The first-order chi connectivity index (χ1) is 6.69. The molecule has 1 saturated carbocycles. The average Bonchev–Trinajstić information content (AvgIpc) is 2.08. The van der Waals surface area contributed by atoms with Gasteiger partial charge in [0.25, 0.3) is 0 Å². The van der Waals surface area contributed by atoms with Crippen LogP contribution in [0.4, 0.5) is 0 Å². The van der Waals surface area contributed by atoms with Crippen LogP contribution in [0.5, 0.6) is 0 Å². The van der Waals surface area contributed by atoms with E-state index in [1.165, 1.54) is 6.42 Å². The van der Waals surface area contributed by atoms with Crippen LogP contribution in [-0.4, -0.2) is 7.05 Å². The second-order valence-corrected chi connectivity index (χ2v) is 4.60. The number of hydrogen-bond donors (Lipinski definition) is 1. The Hall–Kier alpha value is 0.0500. The highest BCUT2D eigenvalue weighted by molar-refractivity contribution is 6.36. The molecule has 1 nitrogen and oxygen atoms in total. The monoisotopic (exact) mass is 265 g/mol. The summed E-state index contributed by atoms with van der Waals surface area (Å²) >= 11 is 12.4. The Balaban J connectivity index is 0.00000112. The van der Waals surface area contributed by atoms with Crippen LogP contribution >= 0.6 is 35.6 Å². The first kappa shape index (κ1) is 13.1. The average molecular weight is 267 g/mol. The maximum atomic E-state index is 6.18. The van der Waals surface area contributed by atoms with E-state index in [0.717, 1.165) is 28.5 Å². The van der Waals surface area contributed by atoms with E-state index in [0.29, 0.717) is 0 Å². The fraction of sp³-hybridized carbons (Fsp3) is 0.455. The molecule has 0 aromatic heterocycles. The Morgan fingerprint density at radius 1 is 1.20 bits per heavy atom. The molecular weight excluding hydrogens is 252 g/mol. The van der Waals surface area contributed by atoms with Crippen molar-refractivity contribution < 1.29 is 0 Å². The summed E-state index contributed by atoms with van der Waals surface area (Å²) in [6.45, 7) is 0. The third kappa shape index (κ3) is 2.12. The van der Waals surface area contributed by atoms with Crippen molar-refractivity contribution in [2.45, 2.75) is 24.8 Å². The van der Waals surface area contributed by atoms with Gasteiger partial charge in [0.05, 0.1) is 0 Å². The normalized spacial score (nSPS) is 17.8. The van der Waals surface area contributed by atoms with Crippen LogP contribution in [0.2, 0.25) is 10.0 Å². The van der Waals surface area contributed by atoms with E-state index in [1.54, 1.807) is 0 Å². The Kier molecular flexibility index (Phi) is 4.30. The van der Waals surface area contributed by atoms with Gasteiger partial charge in [-0.2, -0.15) is 0 Å². The van der Waals surface area contributed by atoms with E-state index in [-0.39, 0.29) is 17.9 Å². The molecule has 0 amide bonds. The standard InChI is InChI=1S/C11H13Cl2N.ClH/c1-14-11(6-3-7-11)10-8(12)4-2-5-9(10)13;/h2,4-5,14H,3,6-7H2,1H3;1H. The Morgan fingerprint density at radius 2 is 1.73 bits per heavy atom. The summed E-state index contributed by atoms with van der Waals surface area (Å²) in [6.07, 6.45) is 3.47. The second-order valence-electron chi connectivity index (χ2n) is 3.78. The van der Waals surface area contributed by atoms with E-state index in [4.69, 9.17) is 23.2 Å².